The zero-order valence-corrected chi connectivity index (χ0v) is 9.43. The maximum Gasteiger partial charge on any atom is 0.290 e. The van der Waals surface area contributed by atoms with Gasteiger partial charge in [-0.2, -0.15) is 9.37 Å². The quantitative estimate of drug-likeness (QED) is 0.611. The van der Waals surface area contributed by atoms with E-state index in [0.717, 1.165) is 6.20 Å². The predicted octanol–water partition coefficient (Wildman–Crippen LogP) is 2.24. The average Bonchev–Trinajstić information content (AvgIpc) is 2.30. The lowest BCUT2D eigenvalue weighted by molar-refractivity contribution is 0.546. The van der Waals surface area contributed by atoms with Gasteiger partial charge in [0.15, 0.2) is 4.90 Å². The van der Waals surface area contributed by atoms with Crippen LogP contribution in [0.4, 0.5) is 4.39 Å². The molecule has 0 bridgehead atoms. The van der Waals surface area contributed by atoms with Crippen molar-refractivity contribution in [3.8, 4) is 0 Å². The molecule has 0 aliphatic carbocycles. The monoisotopic (exact) mass is 255 g/mol. The summed E-state index contributed by atoms with van der Waals surface area (Å²) in [7, 11) is 0. The van der Waals surface area contributed by atoms with E-state index in [4.69, 9.17) is 11.6 Å². The van der Waals surface area contributed by atoms with E-state index in [9.17, 15) is 8.94 Å². The molecule has 1 unspecified atom stereocenters. The van der Waals surface area contributed by atoms with Crippen LogP contribution in [0.25, 0.3) is 0 Å². The maximum absolute atomic E-state index is 13.2. The summed E-state index contributed by atoms with van der Waals surface area (Å²) < 4.78 is 25.1. The van der Waals surface area contributed by atoms with Crippen LogP contribution >= 0.6 is 11.6 Å². The minimum absolute atomic E-state index is 0.183. The van der Waals surface area contributed by atoms with Gasteiger partial charge in [0.2, 0.25) is 12.1 Å². The molecule has 3 nitrogen and oxygen atoms in total. The molecule has 0 fully saturated rings. The summed E-state index contributed by atoms with van der Waals surface area (Å²) in [5.74, 6) is -0.716. The number of rotatable bonds is 2. The van der Waals surface area contributed by atoms with Crippen LogP contribution in [0.2, 0.25) is 5.02 Å². The van der Waals surface area contributed by atoms with Gasteiger partial charge in [0, 0.05) is 16.2 Å². The number of benzene rings is 1. The van der Waals surface area contributed by atoms with E-state index >= 15 is 0 Å². The third kappa shape index (κ3) is 2.32. The predicted molar refractivity (Wildman–Crippen MR) is 57.0 cm³/mol. The molecule has 0 saturated heterocycles. The summed E-state index contributed by atoms with van der Waals surface area (Å²) in [5, 5.41) is 0.341. The number of hydrogen-bond acceptors (Lipinski definition) is 3. The Bertz CT molecular complexity index is 494. The Hall–Kier alpha value is -1.17. The first kappa shape index (κ1) is 11.3. The van der Waals surface area contributed by atoms with Gasteiger partial charge in [-0.3, -0.25) is 0 Å². The van der Waals surface area contributed by atoms with Gasteiger partial charge < -0.3 is 4.55 Å². The van der Waals surface area contributed by atoms with Gasteiger partial charge in [-0.05, 0) is 24.3 Å². The Kier molecular flexibility index (Phi) is 3.38. The lowest BCUT2D eigenvalue weighted by Gasteiger charge is -2.08. The highest BCUT2D eigenvalue weighted by Crippen LogP contribution is 2.21. The Morgan fingerprint density at radius 2 is 2.00 bits per heavy atom. The molecule has 0 spiro atoms. The molecular weight excluding hydrogens is 251 g/mol. The lowest BCUT2D eigenvalue weighted by Crippen LogP contribution is -2.07. The number of aromatic nitrogens is 2. The van der Waals surface area contributed by atoms with Crippen LogP contribution < -0.4 is 0 Å². The first-order valence-corrected chi connectivity index (χ1v) is 5.77. The Morgan fingerprint density at radius 3 is 2.62 bits per heavy atom. The second-order valence-corrected chi connectivity index (χ2v) is 4.68. The van der Waals surface area contributed by atoms with Gasteiger partial charge in [-0.1, -0.05) is 11.6 Å². The van der Waals surface area contributed by atoms with E-state index in [0.29, 0.717) is 9.92 Å². The molecule has 1 atom stereocenters. The lowest BCUT2D eigenvalue weighted by atomic mass is 10.4. The minimum atomic E-state index is -1.68. The summed E-state index contributed by atoms with van der Waals surface area (Å²) >= 11 is 4.01. The molecule has 81 valence electrons. The van der Waals surface area contributed by atoms with Crippen molar-refractivity contribution in [2.45, 2.75) is 9.92 Å². The molecule has 16 heavy (non-hydrogen) atoms. The summed E-state index contributed by atoms with van der Waals surface area (Å²) in [4.78, 5) is 7.33. The van der Waals surface area contributed by atoms with Crippen LogP contribution in [0.1, 0.15) is 0 Å². The van der Waals surface area contributed by atoms with Crippen LogP contribution in [-0.2, 0) is 11.2 Å². The van der Waals surface area contributed by atoms with Gasteiger partial charge in [-0.15, -0.1) is 0 Å². The molecule has 2 rings (SSSR count). The highest BCUT2D eigenvalue weighted by atomic mass is 35.5. The van der Waals surface area contributed by atoms with Crippen LogP contribution in [0.3, 0.4) is 0 Å². The first-order valence-electron chi connectivity index (χ1n) is 4.24. The highest BCUT2D eigenvalue weighted by Gasteiger charge is 2.21. The van der Waals surface area contributed by atoms with Gasteiger partial charge >= 0.3 is 0 Å². The van der Waals surface area contributed by atoms with E-state index in [2.05, 4.69) is 16.3 Å². The Labute approximate surface area is 99.5 Å². The van der Waals surface area contributed by atoms with Gasteiger partial charge in [0.05, 0.1) is 6.20 Å². The molecular formula is C10H5ClFN2OS. The van der Waals surface area contributed by atoms with Crippen molar-refractivity contribution in [2.24, 2.45) is 0 Å². The van der Waals surface area contributed by atoms with Crippen molar-refractivity contribution >= 4 is 22.8 Å². The van der Waals surface area contributed by atoms with E-state index in [1.807, 2.05) is 0 Å². The normalized spacial score (nSPS) is 12.4. The molecule has 1 heterocycles. The van der Waals surface area contributed by atoms with Crippen molar-refractivity contribution in [2.75, 3.05) is 0 Å². The van der Waals surface area contributed by atoms with Crippen molar-refractivity contribution in [3.05, 3.63) is 47.6 Å². The molecule has 0 aliphatic heterocycles. The summed E-state index contributed by atoms with van der Waals surface area (Å²) in [6.45, 7) is 0. The fraction of sp³-hybridized carbons (Fsp3) is 0. The standard InChI is InChI=1S/C10H5ClFN2OS/c11-7-1-3-8(4-2-7)16(15)10-9(12)5-13-6-14-10/h1-5H. The van der Waals surface area contributed by atoms with Crippen LogP contribution in [0.5, 0.6) is 0 Å². The van der Waals surface area contributed by atoms with Crippen molar-refractivity contribution in [3.63, 3.8) is 0 Å². The van der Waals surface area contributed by atoms with Crippen LogP contribution in [-0.4, -0.2) is 14.5 Å². The first-order chi connectivity index (χ1) is 7.68. The smallest absolute Gasteiger partial charge is 0.290 e. The SMILES string of the molecule is [O-][S+](c1ccc(Cl)cc1)c1n[c]ncc1F. The minimum Gasteiger partial charge on any atom is -0.605 e. The fourth-order valence-corrected chi connectivity index (χ4v) is 2.15. The maximum atomic E-state index is 13.2. The molecule has 0 N–H and O–H groups in total. The molecule has 1 aromatic carbocycles. The second kappa shape index (κ2) is 4.78. The summed E-state index contributed by atoms with van der Waals surface area (Å²) in [5.41, 5.74) is 0. The molecule has 2 aromatic rings. The molecule has 1 radical (unpaired) electrons. The second-order valence-electron chi connectivity index (χ2n) is 2.85. The van der Waals surface area contributed by atoms with Gasteiger partial charge in [0.1, 0.15) is 0 Å². The Balaban J connectivity index is 2.35. The average molecular weight is 256 g/mol. The zero-order valence-electron chi connectivity index (χ0n) is 7.85. The van der Waals surface area contributed by atoms with E-state index in [-0.39, 0.29) is 5.03 Å². The Morgan fingerprint density at radius 1 is 1.31 bits per heavy atom. The van der Waals surface area contributed by atoms with Crippen LogP contribution in [0, 0.1) is 12.1 Å². The molecule has 0 amide bonds. The third-order valence-corrected chi connectivity index (χ3v) is 3.38. The van der Waals surface area contributed by atoms with Gasteiger partial charge in [0.25, 0.3) is 5.03 Å². The number of nitrogens with zero attached hydrogens (tertiary/aromatic N) is 2. The van der Waals surface area contributed by atoms with E-state index in [1.165, 1.54) is 0 Å². The van der Waals surface area contributed by atoms with Crippen molar-refractivity contribution < 1.29 is 8.94 Å². The molecule has 0 saturated carbocycles. The number of hydrogen-bond donors (Lipinski definition) is 0. The van der Waals surface area contributed by atoms with Crippen molar-refractivity contribution in [1.82, 2.24) is 9.97 Å². The molecule has 6 heteroatoms. The van der Waals surface area contributed by atoms with Crippen molar-refractivity contribution in [1.29, 1.82) is 0 Å². The third-order valence-electron chi connectivity index (χ3n) is 1.79. The highest BCUT2D eigenvalue weighted by molar-refractivity contribution is 7.91. The summed E-state index contributed by atoms with van der Waals surface area (Å²) in [6.07, 6.45) is 3.13. The summed E-state index contributed by atoms with van der Waals surface area (Å²) in [6, 6.07) is 6.27. The van der Waals surface area contributed by atoms with E-state index < -0.39 is 17.0 Å². The molecule has 0 aliphatic rings. The van der Waals surface area contributed by atoms with Gasteiger partial charge in [-0.25, -0.2) is 4.98 Å². The van der Waals surface area contributed by atoms with Crippen LogP contribution in [0.15, 0.2) is 40.4 Å². The van der Waals surface area contributed by atoms with E-state index in [1.54, 1.807) is 24.3 Å². The fourth-order valence-electron chi connectivity index (χ4n) is 1.07. The zero-order chi connectivity index (χ0) is 11.5. The topological polar surface area (TPSA) is 48.8 Å². The largest absolute Gasteiger partial charge is 0.605 e. The molecule has 1 aromatic heterocycles. The number of halogens is 2.